The van der Waals surface area contributed by atoms with Crippen molar-refractivity contribution in [2.45, 2.75) is 39.5 Å². The number of morpholine rings is 1. The summed E-state index contributed by atoms with van der Waals surface area (Å²) in [6.07, 6.45) is 2.74. The monoisotopic (exact) mass is 645 g/mol. The second-order valence-corrected chi connectivity index (χ2v) is 14.1. The van der Waals surface area contributed by atoms with Crippen LogP contribution in [0.3, 0.4) is 0 Å². The zero-order valence-electron chi connectivity index (χ0n) is 27.4. The van der Waals surface area contributed by atoms with Crippen LogP contribution in [0.25, 0.3) is 0 Å². The van der Waals surface area contributed by atoms with Crippen molar-refractivity contribution in [1.82, 2.24) is 0 Å². The van der Waals surface area contributed by atoms with Gasteiger partial charge in [-0.05, 0) is 92.6 Å². The zero-order valence-corrected chi connectivity index (χ0v) is 27.4. The van der Waals surface area contributed by atoms with Crippen molar-refractivity contribution in [1.29, 1.82) is 0 Å². The minimum Gasteiger partial charge on any atom is -0.507 e. The SMILES string of the molecule is Cc1cc(C2C3=CCC4C(=O)N(c5ccc(N6CCOCC6)cc5)C(=O)C4C3CC3C(=O)N(c4ccccc4)C(=O)C32C)cc(C)c1O. The lowest BCUT2D eigenvalue weighted by molar-refractivity contribution is -0.131. The maximum Gasteiger partial charge on any atom is 0.241 e. The quantitative estimate of drug-likeness (QED) is 0.304. The van der Waals surface area contributed by atoms with Gasteiger partial charge in [0, 0.05) is 24.7 Å². The predicted octanol–water partition coefficient (Wildman–Crippen LogP) is 5.28. The molecular formula is C39H39N3O6. The molecular weight excluding hydrogens is 606 g/mol. The van der Waals surface area contributed by atoms with Crippen molar-refractivity contribution in [3.05, 3.63) is 95.1 Å². The van der Waals surface area contributed by atoms with E-state index in [-0.39, 0.29) is 29.4 Å². The van der Waals surface area contributed by atoms with Crippen LogP contribution in [-0.2, 0) is 23.9 Å². The molecule has 1 saturated carbocycles. The fourth-order valence-electron chi connectivity index (χ4n) is 9.26. The molecule has 5 aliphatic rings. The molecule has 2 aliphatic carbocycles. The molecule has 0 aromatic heterocycles. The van der Waals surface area contributed by atoms with Crippen LogP contribution >= 0.6 is 0 Å². The number of allylic oxidation sites excluding steroid dienone is 2. The maximum atomic E-state index is 14.6. The largest absolute Gasteiger partial charge is 0.507 e. The second kappa shape index (κ2) is 11.2. The Morgan fingerprint density at radius 1 is 0.771 bits per heavy atom. The number of carbonyl (C=O) groups excluding carboxylic acids is 4. The van der Waals surface area contributed by atoms with Gasteiger partial charge in [0.1, 0.15) is 5.75 Å². The number of benzene rings is 3. The standard InChI is InChI=1S/C39H39N3O6/c1-22-19-24(20-23(2)34(22)43)33-28-13-14-29-32(30(28)21-31-36(45)42(38(47)39(31,33)3)26-7-5-4-6-8-26)37(46)41(35(29)44)27-11-9-25(10-12-27)40-15-17-48-18-16-40/h4-13,19-20,29-33,43H,14-18,21H2,1-3H3. The molecule has 6 atom stereocenters. The van der Waals surface area contributed by atoms with E-state index in [9.17, 15) is 24.3 Å². The first-order valence-corrected chi connectivity index (χ1v) is 16.8. The summed E-state index contributed by atoms with van der Waals surface area (Å²) < 4.78 is 5.48. The number of phenols is 1. The number of ether oxygens (including phenoxy) is 1. The highest BCUT2D eigenvalue weighted by Gasteiger charge is 2.67. The lowest BCUT2D eigenvalue weighted by Crippen LogP contribution is -2.49. The summed E-state index contributed by atoms with van der Waals surface area (Å²) in [6, 6.07) is 20.4. The Kier molecular flexibility index (Phi) is 7.11. The van der Waals surface area contributed by atoms with Gasteiger partial charge in [-0.3, -0.25) is 24.1 Å². The van der Waals surface area contributed by atoms with Gasteiger partial charge in [0.2, 0.25) is 23.6 Å². The van der Waals surface area contributed by atoms with Crippen LogP contribution in [0.15, 0.2) is 78.4 Å². The zero-order chi connectivity index (χ0) is 33.5. The molecule has 6 unspecified atom stereocenters. The Balaban J connectivity index is 1.20. The van der Waals surface area contributed by atoms with Gasteiger partial charge in [-0.1, -0.05) is 42.0 Å². The summed E-state index contributed by atoms with van der Waals surface area (Å²) in [4.78, 5) is 62.3. The summed E-state index contributed by atoms with van der Waals surface area (Å²) >= 11 is 0. The van der Waals surface area contributed by atoms with Crippen LogP contribution < -0.4 is 14.7 Å². The molecule has 3 aromatic rings. The number of rotatable bonds is 4. The topological polar surface area (TPSA) is 107 Å². The number of hydrogen-bond acceptors (Lipinski definition) is 7. The Morgan fingerprint density at radius 3 is 2.06 bits per heavy atom. The molecule has 3 saturated heterocycles. The third-order valence-electron chi connectivity index (χ3n) is 11.6. The Morgan fingerprint density at radius 2 is 1.40 bits per heavy atom. The van der Waals surface area contributed by atoms with Gasteiger partial charge in [0.25, 0.3) is 0 Å². The lowest BCUT2D eigenvalue weighted by atomic mass is 9.51. The molecule has 48 heavy (non-hydrogen) atoms. The van der Waals surface area contributed by atoms with E-state index in [1.54, 1.807) is 12.1 Å². The smallest absolute Gasteiger partial charge is 0.241 e. The number of fused-ring (bicyclic) bond motifs is 4. The van der Waals surface area contributed by atoms with Gasteiger partial charge >= 0.3 is 0 Å². The van der Waals surface area contributed by atoms with Gasteiger partial charge in [0.15, 0.2) is 0 Å². The van der Waals surface area contributed by atoms with Crippen LogP contribution in [0.5, 0.6) is 5.75 Å². The van der Waals surface area contributed by atoms with Crippen molar-refractivity contribution in [3.63, 3.8) is 0 Å². The van der Waals surface area contributed by atoms with E-state index in [1.165, 1.54) is 9.80 Å². The summed E-state index contributed by atoms with van der Waals surface area (Å²) in [5, 5.41) is 10.7. The highest BCUT2D eigenvalue weighted by molar-refractivity contribution is 6.25. The summed E-state index contributed by atoms with van der Waals surface area (Å²) in [5.41, 5.74) is 4.07. The van der Waals surface area contributed by atoms with E-state index in [0.717, 1.165) is 29.9 Å². The highest BCUT2D eigenvalue weighted by Crippen LogP contribution is 2.64. The van der Waals surface area contributed by atoms with Gasteiger partial charge in [-0.25, -0.2) is 4.90 Å². The minimum atomic E-state index is -1.13. The normalized spacial score (nSPS) is 29.9. The number of anilines is 3. The van der Waals surface area contributed by atoms with Crippen LogP contribution in [0.1, 0.15) is 42.4 Å². The minimum absolute atomic E-state index is 0.192. The molecule has 3 heterocycles. The number of imide groups is 2. The first kappa shape index (κ1) is 30.6. The molecule has 1 N–H and O–H groups in total. The molecule has 3 aliphatic heterocycles. The van der Waals surface area contributed by atoms with Gasteiger partial charge in [-0.2, -0.15) is 0 Å². The first-order valence-electron chi connectivity index (χ1n) is 16.8. The van der Waals surface area contributed by atoms with Crippen molar-refractivity contribution in [3.8, 4) is 5.75 Å². The number of aryl methyl sites for hydroxylation is 2. The molecule has 8 rings (SSSR count). The first-order chi connectivity index (χ1) is 23.1. The maximum absolute atomic E-state index is 14.6. The fourth-order valence-corrected chi connectivity index (χ4v) is 9.26. The number of aromatic hydroxyl groups is 1. The number of amides is 4. The molecule has 4 amide bonds. The lowest BCUT2D eigenvalue weighted by Gasteiger charge is -2.49. The molecule has 0 bridgehead atoms. The summed E-state index contributed by atoms with van der Waals surface area (Å²) in [6.45, 7) is 8.43. The van der Waals surface area contributed by atoms with E-state index in [1.807, 2.05) is 75.4 Å². The Labute approximate surface area is 279 Å². The van der Waals surface area contributed by atoms with Crippen molar-refractivity contribution >= 4 is 40.7 Å². The highest BCUT2D eigenvalue weighted by atomic mass is 16.5. The van der Waals surface area contributed by atoms with E-state index in [0.29, 0.717) is 48.6 Å². The number of para-hydroxylation sites is 1. The van der Waals surface area contributed by atoms with Crippen molar-refractivity contribution in [2.24, 2.45) is 29.1 Å². The van der Waals surface area contributed by atoms with Gasteiger partial charge < -0.3 is 14.7 Å². The average molecular weight is 646 g/mol. The molecule has 4 fully saturated rings. The molecule has 9 nitrogen and oxygen atoms in total. The number of hydrogen-bond donors (Lipinski definition) is 1. The Bertz CT molecular complexity index is 1860. The van der Waals surface area contributed by atoms with Crippen LogP contribution in [0.4, 0.5) is 17.1 Å². The van der Waals surface area contributed by atoms with E-state index >= 15 is 0 Å². The van der Waals surface area contributed by atoms with Gasteiger partial charge in [0.05, 0.1) is 47.8 Å². The van der Waals surface area contributed by atoms with Crippen LogP contribution in [0.2, 0.25) is 0 Å². The third-order valence-corrected chi connectivity index (χ3v) is 11.6. The number of nitrogens with zero attached hydrogens (tertiary/aromatic N) is 3. The van der Waals surface area contributed by atoms with E-state index in [4.69, 9.17) is 4.74 Å². The second-order valence-electron chi connectivity index (χ2n) is 14.1. The van der Waals surface area contributed by atoms with E-state index in [2.05, 4.69) is 11.0 Å². The average Bonchev–Trinajstić information content (AvgIpc) is 3.47. The third kappa shape index (κ3) is 4.33. The molecule has 246 valence electrons. The molecule has 0 radical (unpaired) electrons. The number of carbonyl (C=O) groups is 4. The fraction of sp³-hybridized carbons (Fsp3) is 0.385. The van der Waals surface area contributed by atoms with Crippen LogP contribution in [-0.4, -0.2) is 55.0 Å². The van der Waals surface area contributed by atoms with Gasteiger partial charge in [-0.15, -0.1) is 0 Å². The molecule has 0 spiro atoms. The number of phenolic OH excluding ortho intramolecular Hbond substituents is 1. The van der Waals surface area contributed by atoms with Crippen LogP contribution in [0, 0.1) is 42.9 Å². The summed E-state index contributed by atoms with van der Waals surface area (Å²) in [7, 11) is 0. The summed E-state index contributed by atoms with van der Waals surface area (Å²) in [5.74, 6) is -3.64. The van der Waals surface area contributed by atoms with E-state index < -0.39 is 35.0 Å². The van der Waals surface area contributed by atoms with Crippen molar-refractivity contribution < 1.29 is 29.0 Å². The molecule has 3 aromatic carbocycles. The molecule has 9 heteroatoms. The van der Waals surface area contributed by atoms with Crippen molar-refractivity contribution in [2.75, 3.05) is 41.0 Å². The Hall–Kier alpha value is -4.76. The predicted molar refractivity (Wildman–Crippen MR) is 181 cm³/mol.